The minimum absolute atomic E-state index is 0.0295. The quantitative estimate of drug-likeness (QED) is 0.508. The summed E-state index contributed by atoms with van der Waals surface area (Å²) >= 11 is 0. The van der Waals surface area contributed by atoms with Gasteiger partial charge in [-0.25, -0.2) is 5.43 Å². The highest BCUT2D eigenvalue weighted by Gasteiger charge is 1.98. The first-order chi connectivity index (χ1) is 5.56. The van der Waals surface area contributed by atoms with Crippen molar-refractivity contribution in [2.24, 2.45) is 11.0 Å². The predicted octanol–water partition coefficient (Wildman–Crippen LogP) is 1.93. The van der Waals surface area contributed by atoms with Gasteiger partial charge in [-0.3, -0.25) is 4.79 Å². The van der Waals surface area contributed by atoms with E-state index in [0.29, 0.717) is 12.3 Å². The average Bonchev–Trinajstić information content (AvgIpc) is 1.99. The lowest BCUT2D eigenvalue weighted by Crippen LogP contribution is -2.17. The van der Waals surface area contributed by atoms with E-state index >= 15 is 0 Å². The van der Waals surface area contributed by atoms with Gasteiger partial charge in [0, 0.05) is 12.1 Å². The molecule has 0 rings (SSSR count). The third-order valence-electron chi connectivity index (χ3n) is 1.40. The molecule has 0 radical (unpaired) electrons. The van der Waals surface area contributed by atoms with Gasteiger partial charge >= 0.3 is 0 Å². The van der Waals surface area contributed by atoms with Crippen LogP contribution in [0.5, 0.6) is 0 Å². The standard InChI is InChI=1S/C9H18N2O/c1-5-9(12)11-10-8(4)6-7(2)3/h7H,5-6H2,1-4H3,(H,11,12). The van der Waals surface area contributed by atoms with Crippen LogP contribution >= 0.6 is 0 Å². The molecule has 0 aromatic rings. The van der Waals surface area contributed by atoms with E-state index in [1.54, 1.807) is 0 Å². The number of nitrogens with zero attached hydrogens (tertiary/aromatic N) is 1. The van der Waals surface area contributed by atoms with Crippen LogP contribution in [-0.4, -0.2) is 11.6 Å². The summed E-state index contributed by atoms with van der Waals surface area (Å²) in [5.41, 5.74) is 3.46. The zero-order chi connectivity index (χ0) is 9.56. The Morgan fingerprint density at radius 2 is 2.08 bits per heavy atom. The molecule has 70 valence electrons. The number of nitrogens with one attached hydrogen (secondary N) is 1. The molecule has 0 heterocycles. The van der Waals surface area contributed by atoms with Crippen molar-refractivity contribution in [3.8, 4) is 0 Å². The van der Waals surface area contributed by atoms with Crippen LogP contribution in [0.3, 0.4) is 0 Å². The molecule has 3 nitrogen and oxygen atoms in total. The fourth-order valence-corrected chi connectivity index (χ4v) is 0.873. The molecule has 0 saturated heterocycles. The van der Waals surface area contributed by atoms with Crippen molar-refractivity contribution in [2.75, 3.05) is 0 Å². The van der Waals surface area contributed by atoms with Gasteiger partial charge in [0.05, 0.1) is 0 Å². The second-order valence-electron chi connectivity index (χ2n) is 3.33. The maximum absolute atomic E-state index is 10.8. The highest BCUT2D eigenvalue weighted by atomic mass is 16.2. The molecule has 0 unspecified atom stereocenters. The first kappa shape index (κ1) is 11.1. The Balaban J connectivity index is 3.76. The second kappa shape index (κ2) is 5.75. The van der Waals surface area contributed by atoms with Gasteiger partial charge in [0.15, 0.2) is 0 Å². The largest absolute Gasteiger partial charge is 0.273 e. The summed E-state index contributed by atoms with van der Waals surface area (Å²) in [6.45, 7) is 7.99. The van der Waals surface area contributed by atoms with Gasteiger partial charge in [-0.05, 0) is 19.3 Å². The van der Waals surface area contributed by atoms with E-state index in [1.165, 1.54) is 0 Å². The lowest BCUT2D eigenvalue weighted by Gasteiger charge is -2.03. The van der Waals surface area contributed by atoms with Gasteiger partial charge in [0.1, 0.15) is 0 Å². The Hall–Kier alpha value is -0.860. The van der Waals surface area contributed by atoms with E-state index in [0.717, 1.165) is 12.1 Å². The van der Waals surface area contributed by atoms with Crippen molar-refractivity contribution < 1.29 is 4.79 Å². The van der Waals surface area contributed by atoms with E-state index in [9.17, 15) is 4.79 Å². The lowest BCUT2D eigenvalue weighted by atomic mass is 10.1. The van der Waals surface area contributed by atoms with E-state index in [-0.39, 0.29) is 5.91 Å². The summed E-state index contributed by atoms with van der Waals surface area (Å²) < 4.78 is 0. The molecule has 0 bridgehead atoms. The Kier molecular flexibility index (Phi) is 5.34. The zero-order valence-corrected chi connectivity index (χ0v) is 8.35. The fraction of sp³-hybridized carbons (Fsp3) is 0.778. The molecule has 0 fully saturated rings. The smallest absolute Gasteiger partial charge is 0.239 e. The molecule has 3 heteroatoms. The van der Waals surface area contributed by atoms with Gasteiger partial charge in [0.2, 0.25) is 5.91 Å². The number of hydrogen-bond acceptors (Lipinski definition) is 2. The normalized spacial score (nSPS) is 11.9. The molecule has 0 aromatic heterocycles. The number of rotatable bonds is 4. The molecule has 0 aromatic carbocycles. The summed E-state index contributed by atoms with van der Waals surface area (Å²) in [7, 11) is 0. The van der Waals surface area contributed by atoms with Gasteiger partial charge in [-0.2, -0.15) is 5.10 Å². The van der Waals surface area contributed by atoms with Crippen molar-refractivity contribution in [3.63, 3.8) is 0 Å². The summed E-state index contributed by atoms with van der Waals surface area (Å²) in [4.78, 5) is 10.8. The Morgan fingerprint density at radius 1 is 1.50 bits per heavy atom. The number of hydrogen-bond donors (Lipinski definition) is 1. The number of carbonyl (C=O) groups is 1. The van der Waals surface area contributed by atoms with Gasteiger partial charge in [-0.1, -0.05) is 20.8 Å². The van der Waals surface area contributed by atoms with Crippen LogP contribution in [0.1, 0.15) is 40.5 Å². The molecule has 0 spiro atoms. The Labute approximate surface area is 74.2 Å². The number of carbonyl (C=O) groups excluding carboxylic acids is 1. The third-order valence-corrected chi connectivity index (χ3v) is 1.40. The van der Waals surface area contributed by atoms with Gasteiger partial charge < -0.3 is 0 Å². The SMILES string of the molecule is CCC(=O)NN=C(C)CC(C)C. The molecule has 1 amide bonds. The van der Waals surface area contributed by atoms with Crippen molar-refractivity contribution in [1.82, 2.24) is 5.43 Å². The van der Waals surface area contributed by atoms with Crippen LogP contribution in [0.2, 0.25) is 0 Å². The average molecular weight is 170 g/mol. The van der Waals surface area contributed by atoms with E-state index < -0.39 is 0 Å². The van der Waals surface area contributed by atoms with E-state index in [1.807, 2.05) is 13.8 Å². The van der Waals surface area contributed by atoms with Crippen molar-refractivity contribution in [3.05, 3.63) is 0 Å². The van der Waals surface area contributed by atoms with Crippen molar-refractivity contribution >= 4 is 11.6 Å². The molecule has 12 heavy (non-hydrogen) atoms. The Bertz CT molecular complexity index is 173. The minimum atomic E-state index is -0.0295. The first-order valence-corrected chi connectivity index (χ1v) is 4.38. The summed E-state index contributed by atoms with van der Waals surface area (Å²) in [6.07, 6.45) is 1.42. The minimum Gasteiger partial charge on any atom is -0.273 e. The molecule has 0 aliphatic heterocycles. The first-order valence-electron chi connectivity index (χ1n) is 4.38. The monoisotopic (exact) mass is 170 g/mol. The lowest BCUT2D eigenvalue weighted by molar-refractivity contribution is -0.120. The fourth-order valence-electron chi connectivity index (χ4n) is 0.873. The predicted molar refractivity (Wildman–Crippen MR) is 51.0 cm³/mol. The van der Waals surface area contributed by atoms with E-state index in [4.69, 9.17) is 0 Å². The van der Waals surface area contributed by atoms with Crippen LogP contribution in [-0.2, 0) is 4.79 Å². The highest BCUT2D eigenvalue weighted by molar-refractivity contribution is 5.84. The molecule has 0 aliphatic carbocycles. The van der Waals surface area contributed by atoms with Crippen LogP contribution in [0.25, 0.3) is 0 Å². The molecule has 0 atom stereocenters. The maximum atomic E-state index is 10.8. The second-order valence-corrected chi connectivity index (χ2v) is 3.33. The molecular weight excluding hydrogens is 152 g/mol. The number of amides is 1. The molecular formula is C9H18N2O. The molecule has 0 aliphatic rings. The van der Waals surface area contributed by atoms with Crippen LogP contribution in [0.15, 0.2) is 5.10 Å². The van der Waals surface area contributed by atoms with Gasteiger partial charge in [-0.15, -0.1) is 0 Å². The third kappa shape index (κ3) is 5.89. The summed E-state index contributed by atoms with van der Waals surface area (Å²) in [6, 6.07) is 0. The maximum Gasteiger partial charge on any atom is 0.239 e. The number of hydrazone groups is 1. The molecule has 0 saturated carbocycles. The van der Waals surface area contributed by atoms with Crippen LogP contribution < -0.4 is 5.43 Å². The van der Waals surface area contributed by atoms with Crippen molar-refractivity contribution in [1.29, 1.82) is 0 Å². The van der Waals surface area contributed by atoms with Crippen LogP contribution in [0, 0.1) is 5.92 Å². The Morgan fingerprint density at radius 3 is 2.50 bits per heavy atom. The van der Waals surface area contributed by atoms with Crippen molar-refractivity contribution in [2.45, 2.75) is 40.5 Å². The zero-order valence-electron chi connectivity index (χ0n) is 8.35. The van der Waals surface area contributed by atoms with Crippen LogP contribution in [0.4, 0.5) is 0 Å². The van der Waals surface area contributed by atoms with E-state index in [2.05, 4.69) is 24.4 Å². The highest BCUT2D eigenvalue weighted by Crippen LogP contribution is 2.00. The van der Waals surface area contributed by atoms with Gasteiger partial charge in [0.25, 0.3) is 0 Å². The summed E-state index contributed by atoms with van der Waals surface area (Å²) in [5, 5.41) is 3.95. The topological polar surface area (TPSA) is 41.5 Å². The molecule has 1 N–H and O–H groups in total. The summed E-state index contributed by atoms with van der Waals surface area (Å²) in [5.74, 6) is 0.561.